The number of rotatable bonds is 2. The Bertz CT molecular complexity index is 540. The highest BCUT2D eigenvalue weighted by atomic mass is 19.4. The second-order valence-corrected chi connectivity index (χ2v) is 3.46. The van der Waals surface area contributed by atoms with Gasteiger partial charge in [0, 0.05) is 17.3 Å². The van der Waals surface area contributed by atoms with Gasteiger partial charge in [-0.25, -0.2) is 0 Å². The van der Waals surface area contributed by atoms with E-state index in [-0.39, 0.29) is 5.75 Å². The van der Waals surface area contributed by atoms with Crippen LogP contribution in [0.15, 0.2) is 30.5 Å². The molecule has 0 aliphatic heterocycles. The fourth-order valence-corrected chi connectivity index (χ4v) is 1.44. The molecule has 6 heteroatoms. The summed E-state index contributed by atoms with van der Waals surface area (Å²) in [6.45, 7) is -1.34. The highest BCUT2D eigenvalue weighted by Crippen LogP contribution is 2.29. The van der Waals surface area contributed by atoms with Crippen molar-refractivity contribution in [2.75, 3.05) is 12.3 Å². The van der Waals surface area contributed by atoms with Crippen LogP contribution in [0.25, 0.3) is 10.9 Å². The molecule has 17 heavy (non-hydrogen) atoms. The Labute approximate surface area is 95.0 Å². The van der Waals surface area contributed by atoms with Crippen LogP contribution in [0.5, 0.6) is 5.75 Å². The summed E-state index contributed by atoms with van der Waals surface area (Å²) >= 11 is 0. The monoisotopic (exact) mass is 242 g/mol. The number of benzene rings is 1. The van der Waals surface area contributed by atoms with Crippen LogP contribution in [0.3, 0.4) is 0 Å². The Balaban J connectivity index is 2.38. The lowest BCUT2D eigenvalue weighted by atomic mass is 10.2. The summed E-state index contributed by atoms with van der Waals surface area (Å²) in [4.78, 5) is 3.97. The van der Waals surface area contributed by atoms with Gasteiger partial charge in [-0.2, -0.15) is 13.2 Å². The third-order valence-electron chi connectivity index (χ3n) is 2.16. The van der Waals surface area contributed by atoms with E-state index in [1.165, 1.54) is 18.3 Å². The molecule has 90 valence electrons. The topological polar surface area (TPSA) is 48.1 Å². The number of hydrogen-bond donors (Lipinski definition) is 1. The lowest BCUT2D eigenvalue weighted by Gasteiger charge is -2.11. The van der Waals surface area contributed by atoms with Crippen LogP contribution < -0.4 is 10.5 Å². The van der Waals surface area contributed by atoms with Gasteiger partial charge in [-0.3, -0.25) is 4.98 Å². The summed E-state index contributed by atoms with van der Waals surface area (Å²) in [7, 11) is 0. The van der Waals surface area contributed by atoms with Gasteiger partial charge in [0.05, 0.1) is 0 Å². The number of anilines is 1. The summed E-state index contributed by atoms with van der Waals surface area (Å²) in [6, 6.07) is 6.22. The smallest absolute Gasteiger partial charge is 0.422 e. The van der Waals surface area contributed by atoms with Crippen LogP contribution in [0.1, 0.15) is 0 Å². The van der Waals surface area contributed by atoms with Gasteiger partial charge in [-0.1, -0.05) is 0 Å². The maximum atomic E-state index is 12.1. The van der Waals surface area contributed by atoms with Gasteiger partial charge in [0.1, 0.15) is 11.3 Å². The van der Waals surface area contributed by atoms with Gasteiger partial charge in [-0.05, 0) is 24.3 Å². The Morgan fingerprint density at radius 2 is 2.00 bits per heavy atom. The number of alkyl halides is 3. The summed E-state index contributed by atoms with van der Waals surface area (Å²) in [5.74, 6) is 0.0760. The molecule has 0 aliphatic carbocycles. The van der Waals surface area contributed by atoms with Gasteiger partial charge in [0.2, 0.25) is 0 Å². The molecular formula is C11H9F3N2O. The van der Waals surface area contributed by atoms with Crippen molar-refractivity contribution in [2.45, 2.75) is 6.18 Å². The van der Waals surface area contributed by atoms with Crippen molar-refractivity contribution >= 4 is 16.6 Å². The third kappa shape index (κ3) is 2.58. The molecular weight excluding hydrogens is 233 g/mol. The molecule has 0 aliphatic rings. The minimum absolute atomic E-state index is 0.0760. The molecule has 0 unspecified atom stereocenters. The average molecular weight is 242 g/mol. The van der Waals surface area contributed by atoms with Crippen molar-refractivity contribution in [3.8, 4) is 5.75 Å². The Morgan fingerprint density at radius 1 is 1.24 bits per heavy atom. The molecule has 0 atom stereocenters. The van der Waals surface area contributed by atoms with Gasteiger partial charge in [-0.15, -0.1) is 0 Å². The molecule has 0 radical (unpaired) electrons. The summed E-state index contributed by atoms with van der Waals surface area (Å²) in [6.07, 6.45) is -2.90. The molecule has 2 N–H and O–H groups in total. The van der Waals surface area contributed by atoms with Gasteiger partial charge < -0.3 is 10.5 Å². The van der Waals surface area contributed by atoms with E-state index in [0.29, 0.717) is 16.6 Å². The fourth-order valence-electron chi connectivity index (χ4n) is 1.44. The first kappa shape index (κ1) is 11.5. The molecule has 0 bridgehead atoms. The van der Waals surface area contributed by atoms with Crippen molar-refractivity contribution in [3.63, 3.8) is 0 Å². The zero-order valence-corrected chi connectivity index (χ0v) is 8.66. The molecule has 0 spiro atoms. The largest absolute Gasteiger partial charge is 0.482 e. The number of pyridine rings is 1. The van der Waals surface area contributed by atoms with Crippen LogP contribution in [-0.4, -0.2) is 17.8 Å². The Kier molecular flexibility index (Phi) is 2.79. The zero-order chi connectivity index (χ0) is 12.5. The van der Waals surface area contributed by atoms with E-state index in [1.54, 1.807) is 12.1 Å². The van der Waals surface area contributed by atoms with Crippen LogP contribution in [0.2, 0.25) is 0 Å². The predicted molar refractivity (Wildman–Crippen MR) is 57.7 cm³/mol. The standard InChI is InChI=1S/C11H9F3N2O/c12-11(13,14)6-17-9-4-3-8(15)7-2-1-5-16-10(7)9/h1-5H,6,15H2. The van der Waals surface area contributed by atoms with E-state index >= 15 is 0 Å². The molecule has 1 aromatic heterocycles. The summed E-state index contributed by atoms with van der Waals surface area (Å²) in [5, 5.41) is 0.576. The molecule has 0 fully saturated rings. The molecule has 0 saturated carbocycles. The second kappa shape index (κ2) is 4.12. The first-order valence-electron chi connectivity index (χ1n) is 4.80. The van der Waals surface area contributed by atoms with Crippen LogP contribution in [0.4, 0.5) is 18.9 Å². The van der Waals surface area contributed by atoms with Crippen molar-refractivity contribution in [2.24, 2.45) is 0 Å². The first-order chi connectivity index (χ1) is 7.97. The van der Waals surface area contributed by atoms with Crippen molar-refractivity contribution in [3.05, 3.63) is 30.5 Å². The molecule has 0 amide bonds. The molecule has 2 rings (SSSR count). The minimum atomic E-state index is -4.37. The van der Waals surface area contributed by atoms with Crippen molar-refractivity contribution < 1.29 is 17.9 Å². The van der Waals surface area contributed by atoms with Gasteiger partial charge in [0.25, 0.3) is 0 Å². The summed E-state index contributed by atoms with van der Waals surface area (Å²) in [5.41, 5.74) is 6.47. The quantitative estimate of drug-likeness (QED) is 0.824. The van der Waals surface area contributed by atoms with E-state index in [4.69, 9.17) is 10.5 Å². The van der Waals surface area contributed by atoms with E-state index in [0.717, 1.165) is 0 Å². The molecule has 0 saturated heterocycles. The number of ether oxygens (including phenoxy) is 1. The number of hydrogen-bond acceptors (Lipinski definition) is 3. The highest BCUT2D eigenvalue weighted by Gasteiger charge is 2.28. The predicted octanol–water partition coefficient (Wildman–Crippen LogP) is 2.76. The zero-order valence-electron chi connectivity index (χ0n) is 8.66. The third-order valence-corrected chi connectivity index (χ3v) is 2.16. The number of nitrogen functional groups attached to an aromatic ring is 1. The normalized spacial score (nSPS) is 11.7. The number of halogens is 3. The van der Waals surface area contributed by atoms with Gasteiger partial charge in [0.15, 0.2) is 6.61 Å². The first-order valence-corrected chi connectivity index (χ1v) is 4.80. The highest BCUT2D eigenvalue weighted by molar-refractivity contribution is 5.94. The number of aromatic nitrogens is 1. The molecule has 1 aromatic carbocycles. The Hall–Kier alpha value is -1.98. The lowest BCUT2D eigenvalue weighted by molar-refractivity contribution is -0.153. The van der Waals surface area contributed by atoms with Gasteiger partial charge >= 0.3 is 6.18 Å². The fraction of sp³-hybridized carbons (Fsp3) is 0.182. The van der Waals surface area contributed by atoms with Crippen LogP contribution >= 0.6 is 0 Å². The molecule has 2 aromatic rings. The van der Waals surface area contributed by atoms with Crippen molar-refractivity contribution in [1.29, 1.82) is 0 Å². The van der Waals surface area contributed by atoms with E-state index < -0.39 is 12.8 Å². The number of nitrogens with two attached hydrogens (primary N) is 1. The minimum Gasteiger partial charge on any atom is -0.482 e. The lowest BCUT2D eigenvalue weighted by Crippen LogP contribution is -2.19. The SMILES string of the molecule is Nc1ccc(OCC(F)(F)F)c2ncccc12. The van der Waals surface area contributed by atoms with E-state index in [9.17, 15) is 13.2 Å². The number of nitrogens with zero attached hydrogens (tertiary/aromatic N) is 1. The van der Waals surface area contributed by atoms with Crippen LogP contribution in [0, 0.1) is 0 Å². The Morgan fingerprint density at radius 3 is 2.71 bits per heavy atom. The van der Waals surface area contributed by atoms with E-state index in [1.807, 2.05) is 0 Å². The van der Waals surface area contributed by atoms with Crippen molar-refractivity contribution in [1.82, 2.24) is 4.98 Å². The summed E-state index contributed by atoms with van der Waals surface area (Å²) < 4.78 is 40.8. The molecule has 3 nitrogen and oxygen atoms in total. The maximum absolute atomic E-state index is 12.1. The maximum Gasteiger partial charge on any atom is 0.422 e. The van der Waals surface area contributed by atoms with Crippen LogP contribution in [-0.2, 0) is 0 Å². The average Bonchev–Trinajstić information content (AvgIpc) is 2.27. The molecule has 1 heterocycles. The number of fused-ring (bicyclic) bond motifs is 1. The van der Waals surface area contributed by atoms with E-state index in [2.05, 4.69) is 4.98 Å². The second-order valence-electron chi connectivity index (χ2n) is 3.46.